The molecule has 0 saturated heterocycles. The number of esters is 1. The monoisotopic (exact) mass is 263 g/mol. The van der Waals surface area contributed by atoms with Gasteiger partial charge in [0.2, 0.25) is 0 Å². The van der Waals surface area contributed by atoms with Gasteiger partial charge in [0.25, 0.3) is 0 Å². The van der Waals surface area contributed by atoms with E-state index in [2.05, 4.69) is 9.72 Å². The lowest BCUT2D eigenvalue weighted by molar-refractivity contribution is -0.139. The predicted molar refractivity (Wildman–Crippen MR) is 71.9 cm³/mol. The SMILES string of the molecule is COC(=O)Cc1cc(C)c2c(Cl)ccc(C)c2n1. The second-order valence-corrected chi connectivity index (χ2v) is 4.68. The van der Waals surface area contributed by atoms with E-state index in [4.69, 9.17) is 11.6 Å². The number of hydrogen-bond donors (Lipinski definition) is 0. The molecule has 18 heavy (non-hydrogen) atoms. The Balaban J connectivity index is 2.61. The minimum atomic E-state index is -0.291. The Bertz CT molecular complexity index is 623. The van der Waals surface area contributed by atoms with Gasteiger partial charge in [-0.3, -0.25) is 9.78 Å². The molecule has 2 aromatic rings. The number of aryl methyl sites for hydroxylation is 2. The van der Waals surface area contributed by atoms with Gasteiger partial charge in [-0.15, -0.1) is 0 Å². The second kappa shape index (κ2) is 4.94. The molecule has 0 unspecified atom stereocenters. The Morgan fingerprint density at radius 3 is 2.72 bits per heavy atom. The molecular weight excluding hydrogens is 250 g/mol. The zero-order valence-electron chi connectivity index (χ0n) is 10.6. The maximum atomic E-state index is 11.3. The molecule has 0 aliphatic rings. The van der Waals surface area contributed by atoms with E-state index in [1.807, 2.05) is 32.0 Å². The zero-order chi connectivity index (χ0) is 13.3. The van der Waals surface area contributed by atoms with Crippen LogP contribution in [0.2, 0.25) is 5.02 Å². The van der Waals surface area contributed by atoms with Gasteiger partial charge in [-0.25, -0.2) is 0 Å². The van der Waals surface area contributed by atoms with E-state index in [1.165, 1.54) is 7.11 Å². The highest BCUT2D eigenvalue weighted by Gasteiger charge is 2.11. The van der Waals surface area contributed by atoms with Gasteiger partial charge >= 0.3 is 5.97 Å². The molecular formula is C14H14ClNO2. The molecule has 3 nitrogen and oxygen atoms in total. The highest BCUT2D eigenvalue weighted by Crippen LogP contribution is 2.28. The first-order valence-corrected chi connectivity index (χ1v) is 6.03. The van der Waals surface area contributed by atoms with Crippen LogP contribution >= 0.6 is 11.6 Å². The summed E-state index contributed by atoms with van der Waals surface area (Å²) in [5.74, 6) is -0.291. The summed E-state index contributed by atoms with van der Waals surface area (Å²) in [5, 5.41) is 1.63. The van der Waals surface area contributed by atoms with Gasteiger partial charge in [0.05, 0.1) is 29.8 Å². The third-order valence-corrected chi connectivity index (χ3v) is 3.23. The molecule has 1 aromatic heterocycles. The van der Waals surface area contributed by atoms with Crippen LogP contribution in [0, 0.1) is 13.8 Å². The molecule has 0 fully saturated rings. The summed E-state index contributed by atoms with van der Waals surface area (Å²) < 4.78 is 4.66. The number of methoxy groups -OCH3 is 1. The highest BCUT2D eigenvalue weighted by molar-refractivity contribution is 6.35. The molecule has 0 atom stereocenters. The van der Waals surface area contributed by atoms with Crippen molar-refractivity contribution in [2.75, 3.05) is 7.11 Å². The summed E-state index contributed by atoms with van der Waals surface area (Å²) in [6, 6.07) is 5.68. The predicted octanol–water partition coefficient (Wildman–Crippen LogP) is 3.22. The lowest BCUT2D eigenvalue weighted by Gasteiger charge is -2.09. The first-order valence-electron chi connectivity index (χ1n) is 5.65. The van der Waals surface area contributed by atoms with Gasteiger partial charge in [-0.2, -0.15) is 0 Å². The Hall–Kier alpha value is -1.61. The largest absolute Gasteiger partial charge is 0.469 e. The maximum Gasteiger partial charge on any atom is 0.311 e. The van der Waals surface area contributed by atoms with E-state index in [-0.39, 0.29) is 12.4 Å². The van der Waals surface area contributed by atoms with E-state index >= 15 is 0 Å². The molecule has 0 N–H and O–H groups in total. The smallest absolute Gasteiger partial charge is 0.311 e. The summed E-state index contributed by atoms with van der Waals surface area (Å²) in [4.78, 5) is 15.8. The number of rotatable bonds is 2. The summed E-state index contributed by atoms with van der Waals surface area (Å²) in [6.45, 7) is 3.95. The van der Waals surface area contributed by atoms with Crippen molar-refractivity contribution in [3.8, 4) is 0 Å². The normalized spacial score (nSPS) is 10.7. The molecule has 0 spiro atoms. The molecule has 4 heteroatoms. The van der Waals surface area contributed by atoms with Crippen molar-refractivity contribution < 1.29 is 9.53 Å². The Labute approximate surface area is 111 Å². The molecule has 0 aliphatic heterocycles. The van der Waals surface area contributed by atoms with Crippen molar-refractivity contribution >= 4 is 28.5 Å². The van der Waals surface area contributed by atoms with Gasteiger partial charge in [0.15, 0.2) is 0 Å². The van der Waals surface area contributed by atoms with Crippen LogP contribution in [0.1, 0.15) is 16.8 Å². The van der Waals surface area contributed by atoms with Crippen LogP contribution in [0.15, 0.2) is 18.2 Å². The van der Waals surface area contributed by atoms with Crippen LogP contribution < -0.4 is 0 Å². The van der Waals surface area contributed by atoms with E-state index in [9.17, 15) is 4.79 Å². The zero-order valence-corrected chi connectivity index (χ0v) is 11.3. The van der Waals surface area contributed by atoms with Crippen molar-refractivity contribution in [2.45, 2.75) is 20.3 Å². The Morgan fingerprint density at radius 2 is 2.06 bits per heavy atom. The van der Waals surface area contributed by atoms with Gasteiger partial charge in [-0.05, 0) is 37.1 Å². The van der Waals surface area contributed by atoms with Crippen LogP contribution in [0.3, 0.4) is 0 Å². The molecule has 94 valence electrons. The van der Waals surface area contributed by atoms with E-state index in [0.29, 0.717) is 10.7 Å². The van der Waals surface area contributed by atoms with Gasteiger partial charge < -0.3 is 4.74 Å². The number of nitrogens with zero attached hydrogens (tertiary/aromatic N) is 1. The van der Waals surface area contributed by atoms with Crippen molar-refractivity contribution in [2.24, 2.45) is 0 Å². The number of pyridine rings is 1. The van der Waals surface area contributed by atoms with Crippen LogP contribution in [0.5, 0.6) is 0 Å². The molecule has 0 amide bonds. The number of benzene rings is 1. The van der Waals surface area contributed by atoms with E-state index in [1.54, 1.807) is 0 Å². The van der Waals surface area contributed by atoms with Crippen molar-refractivity contribution in [1.29, 1.82) is 0 Å². The average Bonchev–Trinajstić information content (AvgIpc) is 2.33. The highest BCUT2D eigenvalue weighted by atomic mass is 35.5. The van der Waals surface area contributed by atoms with Crippen LogP contribution in [-0.2, 0) is 16.0 Å². The quantitative estimate of drug-likeness (QED) is 0.781. The number of carbonyl (C=O) groups excluding carboxylic acids is 1. The molecule has 0 bridgehead atoms. The van der Waals surface area contributed by atoms with E-state index in [0.717, 1.165) is 22.0 Å². The van der Waals surface area contributed by atoms with Crippen LogP contribution in [-0.4, -0.2) is 18.1 Å². The maximum absolute atomic E-state index is 11.3. The minimum absolute atomic E-state index is 0.180. The fraction of sp³-hybridized carbons (Fsp3) is 0.286. The summed E-state index contributed by atoms with van der Waals surface area (Å²) in [5.41, 5.74) is 3.62. The standard InChI is InChI=1S/C14H14ClNO2/c1-8-4-5-11(15)13-9(2)6-10(16-14(8)13)7-12(17)18-3/h4-6H,7H2,1-3H3. The van der Waals surface area contributed by atoms with E-state index < -0.39 is 0 Å². The minimum Gasteiger partial charge on any atom is -0.469 e. The molecule has 0 aliphatic carbocycles. The molecule has 2 rings (SSSR count). The van der Waals surface area contributed by atoms with Gasteiger partial charge in [0, 0.05) is 5.39 Å². The van der Waals surface area contributed by atoms with Crippen molar-refractivity contribution in [3.63, 3.8) is 0 Å². The third kappa shape index (κ3) is 2.31. The fourth-order valence-corrected chi connectivity index (χ4v) is 2.30. The summed E-state index contributed by atoms with van der Waals surface area (Å²) in [6.07, 6.45) is 0.180. The average molecular weight is 264 g/mol. The number of halogens is 1. The van der Waals surface area contributed by atoms with Crippen molar-refractivity contribution in [3.05, 3.63) is 40.0 Å². The van der Waals surface area contributed by atoms with Crippen LogP contribution in [0.25, 0.3) is 10.9 Å². The number of ether oxygens (including phenoxy) is 1. The van der Waals surface area contributed by atoms with Gasteiger partial charge in [0.1, 0.15) is 0 Å². The number of aromatic nitrogens is 1. The molecule has 1 heterocycles. The Kier molecular flexibility index (Phi) is 3.53. The summed E-state index contributed by atoms with van der Waals surface area (Å²) >= 11 is 6.19. The molecule has 0 saturated carbocycles. The first kappa shape index (κ1) is 12.8. The number of carbonyl (C=O) groups is 1. The first-order chi connectivity index (χ1) is 8.52. The lowest BCUT2D eigenvalue weighted by Crippen LogP contribution is -2.07. The second-order valence-electron chi connectivity index (χ2n) is 4.27. The third-order valence-electron chi connectivity index (χ3n) is 2.91. The van der Waals surface area contributed by atoms with Gasteiger partial charge in [-0.1, -0.05) is 17.7 Å². The topological polar surface area (TPSA) is 39.2 Å². The summed E-state index contributed by atoms with van der Waals surface area (Å²) in [7, 11) is 1.37. The number of fused-ring (bicyclic) bond motifs is 1. The Morgan fingerprint density at radius 1 is 1.33 bits per heavy atom. The molecule has 1 aromatic carbocycles. The van der Waals surface area contributed by atoms with Crippen molar-refractivity contribution in [1.82, 2.24) is 4.98 Å². The van der Waals surface area contributed by atoms with Crippen LogP contribution in [0.4, 0.5) is 0 Å². The number of hydrogen-bond acceptors (Lipinski definition) is 3. The fourth-order valence-electron chi connectivity index (χ4n) is 2.00. The lowest BCUT2D eigenvalue weighted by atomic mass is 10.0. The molecule has 0 radical (unpaired) electrons.